The average Bonchev–Trinajstić information content (AvgIpc) is 2.71. The minimum Gasteiger partial charge on any atom is -0.444 e. The Hall–Kier alpha value is -1.77. The van der Waals surface area contributed by atoms with E-state index in [-0.39, 0.29) is 36.1 Å². The minimum atomic E-state index is 0. The SMILES string of the molecule is CN=C1CN(O)C(c2ccccc2)=c2cc(Cl)ccc2=N1.O=N[O-].[Na+]. The second-order valence-electron chi connectivity index (χ2n) is 4.76. The van der Waals surface area contributed by atoms with E-state index >= 15 is 0 Å². The number of hydroxylamine groups is 2. The molecule has 25 heavy (non-hydrogen) atoms. The molecule has 0 saturated heterocycles. The molecule has 1 aliphatic heterocycles. The molecule has 0 atom stereocenters. The van der Waals surface area contributed by atoms with Gasteiger partial charge in [0.2, 0.25) is 0 Å². The summed E-state index contributed by atoms with van der Waals surface area (Å²) in [6, 6.07) is 15.1. The zero-order valence-electron chi connectivity index (χ0n) is 13.8. The van der Waals surface area contributed by atoms with E-state index in [0.717, 1.165) is 21.5 Å². The monoisotopic (exact) mass is 368 g/mol. The molecule has 0 unspecified atom stereocenters. The summed E-state index contributed by atoms with van der Waals surface area (Å²) in [6.45, 7) is 0.229. The Kier molecular flexibility index (Phi) is 8.74. The van der Waals surface area contributed by atoms with Crippen molar-refractivity contribution in [2.45, 2.75) is 0 Å². The van der Waals surface area contributed by atoms with Crippen molar-refractivity contribution in [1.82, 2.24) is 5.06 Å². The quantitative estimate of drug-likeness (QED) is 0.400. The van der Waals surface area contributed by atoms with Crippen molar-refractivity contribution < 1.29 is 34.8 Å². The molecule has 0 aliphatic carbocycles. The van der Waals surface area contributed by atoms with Crippen LogP contribution in [0.5, 0.6) is 0 Å². The molecule has 3 rings (SSSR count). The third kappa shape index (κ3) is 5.35. The van der Waals surface area contributed by atoms with Gasteiger partial charge in [-0.3, -0.25) is 10.2 Å². The predicted octanol–water partition coefficient (Wildman–Crippen LogP) is -0.896. The van der Waals surface area contributed by atoms with Crippen molar-refractivity contribution in [2.75, 3.05) is 13.6 Å². The zero-order chi connectivity index (χ0) is 17.5. The van der Waals surface area contributed by atoms with E-state index in [1.54, 1.807) is 13.1 Å². The van der Waals surface area contributed by atoms with Gasteiger partial charge in [0.15, 0.2) is 0 Å². The summed E-state index contributed by atoms with van der Waals surface area (Å²) in [4.78, 5) is 16.6. The number of aliphatic imine (C=N–C) groups is 1. The van der Waals surface area contributed by atoms with Gasteiger partial charge in [0.05, 0.1) is 11.1 Å². The number of fused-ring (bicyclic) bond motifs is 1. The first-order valence-electron chi connectivity index (χ1n) is 6.91. The van der Waals surface area contributed by atoms with Crippen LogP contribution in [-0.2, 0) is 0 Å². The second kappa shape index (κ2) is 10.3. The van der Waals surface area contributed by atoms with Crippen LogP contribution >= 0.6 is 11.6 Å². The van der Waals surface area contributed by atoms with Gasteiger partial charge in [-0.15, -0.1) is 5.34 Å². The van der Waals surface area contributed by atoms with Gasteiger partial charge >= 0.3 is 29.6 Å². The summed E-state index contributed by atoms with van der Waals surface area (Å²) in [5.41, 5.74) is 1.58. The summed E-state index contributed by atoms with van der Waals surface area (Å²) in [5.74, 6) is 0.562. The first kappa shape index (κ1) is 21.3. The molecular formula is C16H14ClN4NaO3. The number of hydrogen-bond acceptors (Lipinski definition) is 6. The number of benzene rings is 2. The van der Waals surface area contributed by atoms with Crippen molar-refractivity contribution in [3.8, 4) is 0 Å². The van der Waals surface area contributed by atoms with Crippen molar-refractivity contribution in [3.63, 3.8) is 0 Å². The van der Waals surface area contributed by atoms with E-state index < -0.39 is 0 Å². The molecule has 0 fully saturated rings. The van der Waals surface area contributed by atoms with E-state index in [9.17, 15) is 5.21 Å². The number of amidine groups is 1. The van der Waals surface area contributed by atoms with Crippen molar-refractivity contribution in [3.05, 3.63) is 79.8 Å². The molecule has 1 heterocycles. The Labute approximate surface area is 171 Å². The predicted molar refractivity (Wildman–Crippen MR) is 92.2 cm³/mol. The number of nitrogens with zero attached hydrogens (tertiary/aromatic N) is 4. The third-order valence-corrected chi connectivity index (χ3v) is 3.55. The Morgan fingerprint density at radius 1 is 1.24 bits per heavy atom. The number of rotatable bonds is 1. The molecule has 0 aromatic heterocycles. The molecular weight excluding hydrogens is 355 g/mol. The fraction of sp³-hybridized carbons (Fsp3) is 0.125. The molecule has 1 N–H and O–H groups in total. The van der Waals surface area contributed by atoms with Crippen LogP contribution in [0.2, 0.25) is 5.02 Å². The Morgan fingerprint density at radius 2 is 1.88 bits per heavy atom. The van der Waals surface area contributed by atoms with E-state index in [0.29, 0.717) is 16.6 Å². The van der Waals surface area contributed by atoms with Crippen LogP contribution < -0.4 is 40.1 Å². The van der Waals surface area contributed by atoms with E-state index in [2.05, 4.69) is 9.98 Å². The largest absolute Gasteiger partial charge is 1.00 e. The molecule has 0 spiro atoms. The summed E-state index contributed by atoms with van der Waals surface area (Å²) >= 11 is 6.12. The van der Waals surface area contributed by atoms with Crippen molar-refractivity contribution in [1.29, 1.82) is 0 Å². The van der Waals surface area contributed by atoms with Crippen LogP contribution in [0.4, 0.5) is 0 Å². The molecule has 0 bridgehead atoms. The van der Waals surface area contributed by atoms with Gasteiger partial charge in [-0.05, 0) is 18.2 Å². The molecule has 2 aromatic carbocycles. The van der Waals surface area contributed by atoms with Gasteiger partial charge in [0.25, 0.3) is 0 Å². The fourth-order valence-corrected chi connectivity index (χ4v) is 2.52. The van der Waals surface area contributed by atoms with Crippen LogP contribution in [0.3, 0.4) is 0 Å². The first-order chi connectivity index (χ1) is 11.6. The maximum Gasteiger partial charge on any atom is 1.00 e. The van der Waals surface area contributed by atoms with Gasteiger partial charge in [-0.25, -0.2) is 10.1 Å². The average molecular weight is 369 g/mol. The summed E-state index contributed by atoms with van der Waals surface area (Å²) < 4.78 is 0. The summed E-state index contributed by atoms with van der Waals surface area (Å²) in [5, 5.41) is 22.8. The van der Waals surface area contributed by atoms with E-state index in [4.69, 9.17) is 21.7 Å². The van der Waals surface area contributed by atoms with Gasteiger partial charge in [-0.2, -0.15) is 0 Å². The van der Waals surface area contributed by atoms with Gasteiger partial charge < -0.3 is 10.1 Å². The maximum absolute atomic E-state index is 10.5. The molecule has 2 aromatic rings. The van der Waals surface area contributed by atoms with E-state index in [1.165, 1.54) is 5.06 Å². The van der Waals surface area contributed by atoms with Crippen molar-refractivity contribution in [2.24, 2.45) is 15.3 Å². The summed E-state index contributed by atoms with van der Waals surface area (Å²) in [6.07, 6.45) is 0. The number of hydrogen-bond donors (Lipinski definition) is 1. The molecule has 124 valence electrons. The van der Waals surface area contributed by atoms with Gasteiger partial charge in [-0.1, -0.05) is 41.9 Å². The molecule has 0 radical (unpaired) electrons. The minimum absolute atomic E-state index is 0. The van der Waals surface area contributed by atoms with E-state index in [1.807, 2.05) is 42.5 Å². The Bertz CT molecular complexity index is 875. The topological polar surface area (TPSA) is 101 Å². The van der Waals surface area contributed by atoms with Crippen LogP contribution in [0.1, 0.15) is 5.56 Å². The molecule has 0 amide bonds. The van der Waals surface area contributed by atoms with Crippen LogP contribution in [-0.4, -0.2) is 29.7 Å². The Balaban J connectivity index is 0.000000730. The molecule has 9 heteroatoms. The molecule has 7 nitrogen and oxygen atoms in total. The fourth-order valence-electron chi connectivity index (χ4n) is 2.34. The number of halogens is 1. The van der Waals surface area contributed by atoms with Gasteiger partial charge in [0, 0.05) is 22.9 Å². The first-order valence-corrected chi connectivity index (χ1v) is 7.29. The van der Waals surface area contributed by atoms with Crippen LogP contribution in [0.15, 0.2) is 63.9 Å². The maximum atomic E-state index is 10.5. The van der Waals surface area contributed by atoms with Crippen LogP contribution in [0.25, 0.3) is 5.70 Å². The zero-order valence-corrected chi connectivity index (χ0v) is 16.5. The normalized spacial score (nSPS) is 14.3. The molecule has 1 aliphatic rings. The third-order valence-electron chi connectivity index (χ3n) is 3.32. The molecule has 0 saturated carbocycles. The standard InChI is InChI=1S/C16H14ClN3O.HNO2.Na/c1-18-15-10-20(21)16(11-5-3-2-4-6-11)13-9-12(17)7-8-14(13)19-15;2-1-3;/h2-9,21H,10H2,1H3;(H,2,3);/q;;+1/p-1. The Morgan fingerprint density at radius 3 is 2.48 bits per heavy atom. The van der Waals surface area contributed by atoms with Gasteiger partial charge in [0.1, 0.15) is 12.4 Å². The second-order valence-corrected chi connectivity index (χ2v) is 5.20. The smallest absolute Gasteiger partial charge is 0.444 e. The van der Waals surface area contributed by atoms with Crippen molar-refractivity contribution >= 4 is 23.1 Å². The van der Waals surface area contributed by atoms with Crippen LogP contribution in [0, 0.1) is 10.1 Å². The summed E-state index contributed by atoms with van der Waals surface area (Å²) in [7, 11) is 1.66.